The van der Waals surface area contributed by atoms with E-state index >= 15 is 0 Å². The quantitative estimate of drug-likeness (QED) is 0.306. The van der Waals surface area contributed by atoms with Crippen molar-refractivity contribution in [3.05, 3.63) is 98.1 Å². The van der Waals surface area contributed by atoms with E-state index in [9.17, 15) is 25.0 Å². The summed E-state index contributed by atoms with van der Waals surface area (Å²) in [7, 11) is 0. The van der Waals surface area contributed by atoms with Crippen molar-refractivity contribution < 1.29 is 19.4 Å². The third-order valence-corrected chi connectivity index (χ3v) is 6.38. The van der Waals surface area contributed by atoms with E-state index in [1.54, 1.807) is 24.0 Å². The smallest absolute Gasteiger partial charge is 0.311 e. The van der Waals surface area contributed by atoms with Crippen LogP contribution in [0.4, 0.5) is 22.7 Å². The van der Waals surface area contributed by atoms with Gasteiger partial charge in [-0.15, -0.1) is 0 Å². The maximum absolute atomic E-state index is 13.1. The van der Waals surface area contributed by atoms with E-state index in [2.05, 4.69) is 10.2 Å². The van der Waals surface area contributed by atoms with Crippen LogP contribution in [-0.4, -0.2) is 60.0 Å². The van der Waals surface area contributed by atoms with E-state index < -0.39 is 9.85 Å². The zero-order valence-corrected chi connectivity index (χ0v) is 21.0. The van der Waals surface area contributed by atoms with Gasteiger partial charge in [-0.05, 0) is 43.2 Å². The summed E-state index contributed by atoms with van der Waals surface area (Å²) in [5.74, 6) is -0.159. The fourth-order valence-corrected chi connectivity index (χ4v) is 4.43. The number of carbonyl (C=O) groups excluding carboxylic acids is 1. The molecule has 0 radical (unpaired) electrons. The number of hydrogen-bond acceptors (Lipinski definition) is 8. The lowest BCUT2D eigenvalue weighted by Gasteiger charge is -2.36. The Labute approximate surface area is 219 Å². The van der Waals surface area contributed by atoms with Gasteiger partial charge in [0.25, 0.3) is 11.6 Å². The van der Waals surface area contributed by atoms with Crippen molar-refractivity contribution in [3.8, 4) is 5.75 Å². The Bertz CT molecular complexity index is 1310. The van der Waals surface area contributed by atoms with Crippen LogP contribution >= 0.6 is 0 Å². The molecule has 1 heterocycles. The summed E-state index contributed by atoms with van der Waals surface area (Å²) in [5, 5.41) is 26.2. The van der Waals surface area contributed by atoms with Crippen LogP contribution in [0.1, 0.15) is 22.8 Å². The molecule has 0 unspecified atom stereocenters. The second kappa shape index (κ2) is 12.0. The number of piperazine rings is 1. The molecular weight excluding hydrogens is 490 g/mol. The number of benzene rings is 3. The molecule has 1 N–H and O–H groups in total. The van der Waals surface area contributed by atoms with Gasteiger partial charge >= 0.3 is 5.69 Å². The lowest BCUT2D eigenvalue weighted by molar-refractivity contribution is -0.385. The Morgan fingerprint density at radius 1 is 0.921 bits per heavy atom. The second-order valence-electron chi connectivity index (χ2n) is 8.77. The molecule has 0 aliphatic carbocycles. The molecule has 3 aromatic rings. The average molecular weight is 520 g/mol. The summed E-state index contributed by atoms with van der Waals surface area (Å²) in [6, 6.07) is 19.1. The van der Waals surface area contributed by atoms with Crippen molar-refractivity contribution in [1.29, 1.82) is 0 Å². The number of nitrogens with one attached hydrogen (secondary N) is 1. The highest BCUT2D eigenvalue weighted by Crippen LogP contribution is 2.31. The predicted octanol–water partition coefficient (Wildman–Crippen LogP) is 4.52. The van der Waals surface area contributed by atoms with Gasteiger partial charge in [0.05, 0.1) is 16.5 Å². The largest absolute Gasteiger partial charge is 0.487 e. The molecule has 198 valence electrons. The van der Waals surface area contributed by atoms with Crippen LogP contribution in [0.25, 0.3) is 0 Å². The first-order valence-electron chi connectivity index (χ1n) is 12.4. The summed E-state index contributed by atoms with van der Waals surface area (Å²) < 4.78 is 5.30. The third kappa shape index (κ3) is 6.17. The number of carbonyl (C=O) groups is 1. The molecule has 38 heavy (non-hydrogen) atoms. The first-order valence-corrected chi connectivity index (χ1v) is 12.4. The van der Waals surface area contributed by atoms with Crippen LogP contribution in [0, 0.1) is 20.2 Å². The van der Waals surface area contributed by atoms with Crippen LogP contribution in [0.5, 0.6) is 5.75 Å². The molecule has 3 aromatic carbocycles. The zero-order chi connectivity index (χ0) is 27.1. The second-order valence-corrected chi connectivity index (χ2v) is 8.77. The van der Waals surface area contributed by atoms with E-state index in [0.29, 0.717) is 38.4 Å². The number of anilines is 2. The number of nitro benzene ring substituents is 2. The average Bonchev–Trinajstić information content (AvgIpc) is 2.93. The van der Waals surface area contributed by atoms with Gasteiger partial charge in [-0.25, -0.2) is 0 Å². The molecule has 1 aliphatic heterocycles. The topological polar surface area (TPSA) is 131 Å². The maximum Gasteiger partial charge on any atom is 0.311 e. The third-order valence-electron chi connectivity index (χ3n) is 6.38. The highest BCUT2D eigenvalue weighted by molar-refractivity contribution is 5.95. The zero-order valence-electron chi connectivity index (χ0n) is 21.0. The van der Waals surface area contributed by atoms with E-state index in [0.717, 1.165) is 17.7 Å². The minimum absolute atomic E-state index is 0.00715. The molecule has 4 rings (SSSR count). The van der Waals surface area contributed by atoms with Crippen LogP contribution in [0.2, 0.25) is 0 Å². The van der Waals surface area contributed by atoms with Crippen LogP contribution in [0.3, 0.4) is 0 Å². The molecule has 0 atom stereocenters. The predicted molar refractivity (Wildman–Crippen MR) is 144 cm³/mol. The van der Waals surface area contributed by atoms with Gasteiger partial charge in [-0.1, -0.05) is 30.3 Å². The van der Waals surface area contributed by atoms with Gasteiger partial charge in [0.2, 0.25) is 0 Å². The Balaban J connectivity index is 1.41. The Morgan fingerprint density at radius 3 is 2.29 bits per heavy atom. The molecule has 1 amide bonds. The van der Waals surface area contributed by atoms with Crippen molar-refractivity contribution in [3.63, 3.8) is 0 Å². The van der Waals surface area contributed by atoms with E-state index in [-0.39, 0.29) is 35.2 Å². The summed E-state index contributed by atoms with van der Waals surface area (Å²) in [5.41, 5.74) is 2.40. The molecule has 0 bridgehead atoms. The lowest BCUT2D eigenvalue weighted by Crippen LogP contribution is -2.48. The van der Waals surface area contributed by atoms with Crippen LogP contribution in [-0.2, 0) is 6.42 Å². The summed E-state index contributed by atoms with van der Waals surface area (Å²) in [6.07, 6.45) is 0.729. The Morgan fingerprint density at radius 2 is 1.63 bits per heavy atom. The molecule has 11 heteroatoms. The van der Waals surface area contributed by atoms with E-state index in [1.807, 2.05) is 30.3 Å². The van der Waals surface area contributed by atoms with Crippen LogP contribution in [0.15, 0.2) is 66.7 Å². The molecule has 0 saturated carbocycles. The first-order chi connectivity index (χ1) is 18.4. The molecule has 1 aliphatic rings. The standard InChI is InChI=1S/C27H29N5O6/c1-2-38-26-11-8-21(18-25(26)32(36)37)27(33)30-16-14-29(15-17-30)22-9-10-24(31(34)35)23(19-22)28-13-12-20-6-4-3-5-7-20/h3-11,18-19,28H,2,12-17H2,1H3. The Hall–Kier alpha value is -4.67. The van der Waals surface area contributed by atoms with Crippen molar-refractivity contribution >= 4 is 28.7 Å². The monoisotopic (exact) mass is 519 g/mol. The number of hydrogen-bond donors (Lipinski definition) is 1. The lowest BCUT2D eigenvalue weighted by atomic mass is 10.1. The van der Waals surface area contributed by atoms with Crippen molar-refractivity contribution in [2.24, 2.45) is 0 Å². The fourth-order valence-electron chi connectivity index (χ4n) is 4.43. The highest BCUT2D eigenvalue weighted by Gasteiger charge is 2.26. The van der Waals surface area contributed by atoms with Gasteiger partial charge in [-0.3, -0.25) is 25.0 Å². The summed E-state index contributed by atoms with van der Waals surface area (Å²) in [4.78, 5) is 38.8. The number of nitro groups is 2. The Kier molecular flexibility index (Phi) is 8.37. The van der Waals surface area contributed by atoms with Gasteiger partial charge in [0.1, 0.15) is 5.69 Å². The SMILES string of the molecule is CCOc1ccc(C(=O)N2CCN(c3ccc([N+](=O)[O-])c(NCCc4ccccc4)c3)CC2)cc1[N+](=O)[O-]. The molecule has 11 nitrogen and oxygen atoms in total. The van der Waals surface area contributed by atoms with E-state index in [4.69, 9.17) is 4.74 Å². The highest BCUT2D eigenvalue weighted by atomic mass is 16.6. The number of ether oxygens (including phenoxy) is 1. The van der Waals surface area contributed by atoms with Crippen molar-refractivity contribution in [1.82, 2.24) is 4.90 Å². The van der Waals surface area contributed by atoms with Gasteiger partial charge < -0.3 is 19.9 Å². The molecular formula is C27H29N5O6. The molecule has 1 saturated heterocycles. The van der Waals surface area contributed by atoms with Crippen molar-refractivity contribution in [2.45, 2.75) is 13.3 Å². The normalized spacial score (nSPS) is 13.2. The molecule has 1 fully saturated rings. The van der Waals surface area contributed by atoms with Crippen molar-refractivity contribution in [2.75, 3.05) is 49.5 Å². The van der Waals surface area contributed by atoms with Gasteiger partial charge in [0, 0.05) is 56.1 Å². The van der Waals surface area contributed by atoms with Crippen LogP contribution < -0.4 is 15.0 Å². The minimum atomic E-state index is -0.556. The van der Waals surface area contributed by atoms with Gasteiger partial charge in [-0.2, -0.15) is 0 Å². The summed E-state index contributed by atoms with van der Waals surface area (Å²) in [6.45, 7) is 4.42. The molecule has 0 aromatic heterocycles. The minimum Gasteiger partial charge on any atom is -0.487 e. The summed E-state index contributed by atoms with van der Waals surface area (Å²) >= 11 is 0. The number of rotatable bonds is 10. The van der Waals surface area contributed by atoms with E-state index in [1.165, 1.54) is 24.3 Å². The van der Waals surface area contributed by atoms with Gasteiger partial charge in [0.15, 0.2) is 5.75 Å². The maximum atomic E-state index is 13.1. The fraction of sp³-hybridized carbons (Fsp3) is 0.296. The number of nitrogens with zero attached hydrogens (tertiary/aromatic N) is 4. The molecule has 0 spiro atoms. The first kappa shape index (κ1) is 26.4. The number of amides is 1.